The number of nitrogens with one attached hydrogen (secondary N) is 1. The minimum Gasteiger partial charge on any atom is -0.481 e. The van der Waals surface area contributed by atoms with Crippen molar-refractivity contribution < 1.29 is 42.6 Å². The highest BCUT2D eigenvalue weighted by Crippen LogP contribution is 2.69. The summed E-state index contributed by atoms with van der Waals surface area (Å²) in [5.41, 5.74) is 1.31. The molecule has 260 valence electrons. The molecule has 1 aromatic rings. The Morgan fingerprint density at radius 2 is 1.72 bits per heavy atom. The maximum atomic E-state index is 14.1. The number of allylic oxidation sites excluding steroid dienone is 2. The SMILES string of the molecule is COC(=O)CNC1CCC2(C)C(CCC3(C)C4CCC5(C)CCC(C(=O)O)CC5C4=CC(=O)C32)C1C.Cc1oc(=O)oc1COC=O. The third-order valence-corrected chi connectivity index (χ3v) is 13.3. The van der Waals surface area contributed by atoms with Crippen LogP contribution in [0.1, 0.15) is 97.0 Å². The summed E-state index contributed by atoms with van der Waals surface area (Å²) in [5.74, 6) is 0.338. The van der Waals surface area contributed by atoms with Gasteiger partial charge in [0, 0.05) is 12.0 Å². The van der Waals surface area contributed by atoms with Crippen molar-refractivity contribution in [2.24, 2.45) is 51.8 Å². The van der Waals surface area contributed by atoms with Crippen molar-refractivity contribution in [1.29, 1.82) is 0 Å². The summed E-state index contributed by atoms with van der Waals surface area (Å²) in [6, 6.07) is 0.266. The summed E-state index contributed by atoms with van der Waals surface area (Å²) in [6.45, 7) is 11.4. The molecule has 2 N–H and O–H groups in total. The summed E-state index contributed by atoms with van der Waals surface area (Å²) in [6.07, 6.45) is 10.8. The second-order valence-electron chi connectivity index (χ2n) is 15.5. The van der Waals surface area contributed by atoms with Crippen LogP contribution >= 0.6 is 0 Å². The summed E-state index contributed by atoms with van der Waals surface area (Å²) in [5, 5.41) is 13.2. The standard InChI is InChI=1S/C30H45NO5.C6H6O5/c1-17-20-8-12-30(4)21-7-11-28(2)10-6-18(27(34)35)14-22(28)19(21)15-24(32)26(30)29(20,3)13-9-23(17)31-16-25(33)36-5;1-4-5(2-9-3-7)11-6(8)10-4/h15,17-18,20-23,26,31H,6-14,16H2,1-5H3,(H,34,35);3H,2H2,1H3. The van der Waals surface area contributed by atoms with Gasteiger partial charge in [-0.2, -0.15) is 0 Å². The number of rotatable bonds is 7. The van der Waals surface area contributed by atoms with Gasteiger partial charge in [-0.1, -0.05) is 33.3 Å². The summed E-state index contributed by atoms with van der Waals surface area (Å²) < 4.78 is 18.2. The van der Waals surface area contributed by atoms with E-state index in [4.69, 9.17) is 4.74 Å². The van der Waals surface area contributed by atoms with E-state index in [1.807, 2.05) is 6.08 Å². The van der Waals surface area contributed by atoms with Gasteiger partial charge in [0.05, 0.1) is 19.6 Å². The Balaban J connectivity index is 0.000000335. The molecule has 4 fully saturated rings. The van der Waals surface area contributed by atoms with E-state index in [0.717, 1.165) is 51.4 Å². The molecule has 0 aliphatic heterocycles. The van der Waals surface area contributed by atoms with E-state index in [1.54, 1.807) is 6.92 Å². The van der Waals surface area contributed by atoms with Gasteiger partial charge in [-0.15, -0.1) is 0 Å². The van der Waals surface area contributed by atoms with Crippen LogP contribution in [-0.2, 0) is 35.3 Å². The molecule has 0 bridgehead atoms. The Bertz CT molecular complexity index is 1460. The van der Waals surface area contributed by atoms with E-state index >= 15 is 0 Å². The highest BCUT2D eigenvalue weighted by molar-refractivity contribution is 5.95. The largest absolute Gasteiger partial charge is 0.519 e. The van der Waals surface area contributed by atoms with Gasteiger partial charge in [-0.3, -0.25) is 19.2 Å². The first kappa shape index (κ1) is 35.1. The number of methoxy groups -OCH3 is 1. The molecule has 6 rings (SSSR count). The number of ketones is 1. The molecule has 0 aromatic carbocycles. The lowest BCUT2D eigenvalue weighted by Crippen LogP contribution is -2.63. The number of carboxylic acid groups (broad SMARTS) is 1. The van der Waals surface area contributed by atoms with Gasteiger partial charge < -0.3 is 28.7 Å². The number of aliphatic carboxylic acids is 1. The van der Waals surface area contributed by atoms with Crippen molar-refractivity contribution in [2.75, 3.05) is 13.7 Å². The molecule has 10 unspecified atom stereocenters. The zero-order chi connectivity index (χ0) is 34.3. The number of ether oxygens (including phenoxy) is 2. The van der Waals surface area contributed by atoms with Gasteiger partial charge in [0.15, 0.2) is 23.9 Å². The maximum Gasteiger partial charge on any atom is 0.519 e. The lowest BCUT2D eigenvalue weighted by Gasteiger charge is -2.65. The molecule has 5 aliphatic rings. The zero-order valence-electron chi connectivity index (χ0n) is 28.6. The van der Waals surface area contributed by atoms with Crippen LogP contribution in [0.3, 0.4) is 0 Å². The minimum atomic E-state index is -0.785. The Hall–Kier alpha value is -3.21. The summed E-state index contributed by atoms with van der Waals surface area (Å²) >= 11 is 0. The Morgan fingerprint density at radius 1 is 1.02 bits per heavy atom. The first-order chi connectivity index (χ1) is 22.2. The van der Waals surface area contributed by atoms with Crippen molar-refractivity contribution in [2.45, 2.75) is 105 Å². The quantitative estimate of drug-likeness (QED) is 0.292. The van der Waals surface area contributed by atoms with Crippen LogP contribution in [-0.4, -0.2) is 49.0 Å². The minimum absolute atomic E-state index is 0.0183. The second kappa shape index (κ2) is 13.4. The summed E-state index contributed by atoms with van der Waals surface area (Å²) in [4.78, 5) is 57.9. The van der Waals surface area contributed by atoms with Gasteiger partial charge in [-0.05, 0) is 111 Å². The number of hydrogen-bond acceptors (Lipinski definition) is 10. The van der Waals surface area contributed by atoms with Crippen LogP contribution in [0.4, 0.5) is 0 Å². The molecule has 11 heteroatoms. The molecule has 11 nitrogen and oxygen atoms in total. The van der Waals surface area contributed by atoms with Gasteiger partial charge in [0.1, 0.15) is 0 Å². The van der Waals surface area contributed by atoms with Crippen molar-refractivity contribution in [3.8, 4) is 0 Å². The fourth-order valence-corrected chi connectivity index (χ4v) is 10.8. The smallest absolute Gasteiger partial charge is 0.481 e. The third-order valence-electron chi connectivity index (χ3n) is 13.3. The molecule has 47 heavy (non-hydrogen) atoms. The van der Waals surface area contributed by atoms with Crippen molar-refractivity contribution in [1.82, 2.24) is 5.32 Å². The molecule has 0 radical (unpaired) electrons. The van der Waals surface area contributed by atoms with E-state index in [2.05, 4.69) is 46.6 Å². The van der Waals surface area contributed by atoms with Crippen LogP contribution in [0, 0.1) is 58.7 Å². The predicted octanol–water partition coefficient (Wildman–Crippen LogP) is 5.23. The van der Waals surface area contributed by atoms with Gasteiger partial charge >= 0.3 is 17.8 Å². The number of carbonyl (C=O) groups excluding carboxylic acids is 3. The van der Waals surface area contributed by atoms with E-state index in [-0.39, 0.29) is 71.4 Å². The molecule has 5 aliphatic carbocycles. The van der Waals surface area contributed by atoms with Gasteiger partial charge in [-0.25, -0.2) is 4.79 Å². The first-order valence-corrected chi connectivity index (χ1v) is 17.1. The maximum absolute atomic E-state index is 14.1. The Labute approximate surface area is 276 Å². The second-order valence-corrected chi connectivity index (χ2v) is 15.5. The van der Waals surface area contributed by atoms with E-state index in [1.165, 1.54) is 12.7 Å². The van der Waals surface area contributed by atoms with E-state index < -0.39 is 11.8 Å². The first-order valence-electron chi connectivity index (χ1n) is 17.1. The number of carbonyl (C=O) groups is 4. The number of fused-ring (bicyclic) bond motifs is 7. The molecule has 1 aromatic heterocycles. The Kier molecular flexibility index (Phi) is 9.98. The highest BCUT2D eigenvalue weighted by atomic mass is 16.6. The zero-order valence-corrected chi connectivity index (χ0v) is 28.6. The fourth-order valence-electron chi connectivity index (χ4n) is 10.8. The molecule has 0 saturated heterocycles. The number of carboxylic acids is 1. The van der Waals surface area contributed by atoms with Crippen molar-refractivity contribution in [3.05, 3.63) is 33.8 Å². The lowest BCUT2D eigenvalue weighted by molar-refractivity contribution is -0.161. The average molecular weight is 658 g/mol. The predicted molar refractivity (Wildman–Crippen MR) is 170 cm³/mol. The third kappa shape index (κ3) is 6.36. The van der Waals surface area contributed by atoms with Crippen LogP contribution in [0.15, 0.2) is 25.3 Å². The molecule has 4 saturated carbocycles. The normalized spacial score (nSPS) is 39.0. The Morgan fingerprint density at radius 3 is 2.36 bits per heavy atom. The van der Waals surface area contributed by atoms with Gasteiger partial charge in [0.25, 0.3) is 6.47 Å². The number of aryl methyl sites for hydroxylation is 1. The monoisotopic (exact) mass is 657 g/mol. The molecule has 10 atom stereocenters. The number of esters is 1. The van der Waals surface area contributed by atoms with E-state index in [0.29, 0.717) is 35.7 Å². The molecular weight excluding hydrogens is 606 g/mol. The van der Waals surface area contributed by atoms with Crippen LogP contribution in [0.5, 0.6) is 0 Å². The lowest BCUT2D eigenvalue weighted by atomic mass is 9.38. The van der Waals surface area contributed by atoms with Crippen molar-refractivity contribution in [3.63, 3.8) is 0 Å². The van der Waals surface area contributed by atoms with Crippen LogP contribution < -0.4 is 11.1 Å². The summed E-state index contributed by atoms with van der Waals surface area (Å²) in [7, 11) is 1.42. The molecule has 0 amide bonds. The molecule has 1 heterocycles. The highest BCUT2D eigenvalue weighted by Gasteiger charge is 2.65. The molecular formula is C36H51NO10. The van der Waals surface area contributed by atoms with Crippen LogP contribution in [0.2, 0.25) is 0 Å². The van der Waals surface area contributed by atoms with E-state index in [9.17, 15) is 29.1 Å². The average Bonchev–Trinajstić information content (AvgIpc) is 3.34. The van der Waals surface area contributed by atoms with Gasteiger partial charge in [0.2, 0.25) is 0 Å². The van der Waals surface area contributed by atoms with Crippen molar-refractivity contribution >= 4 is 24.2 Å². The number of hydrogen-bond donors (Lipinski definition) is 2. The topological polar surface area (TPSA) is 162 Å². The van der Waals surface area contributed by atoms with Crippen LogP contribution in [0.25, 0.3) is 0 Å². The fraction of sp³-hybridized carbons (Fsp3) is 0.750. The molecule has 0 spiro atoms.